The van der Waals surface area contributed by atoms with Gasteiger partial charge in [-0.2, -0.15) is 0 Å². The number of likely N-dealkylation sites (tertiary alicyclic amines) is 1. The molecule has 1 aromatic rings. The number of primary amides is 1. The number of thioether (sulfide) groups is 1. The first kappa shape index (κ1) is 13.4. The number of carbonyl (C=O) groups is 2. The van der Waals surface area contributed by atoms with Gasteiger partial charge in [-0.05, 0) is 24.3 Å². The van der Waals surface area contributed by atoms with E-state index in [-0.39, 0.29) is 17.9 Å². The lowest BCUT2D eigenvalue weighted by Crippen LogP contribution is -2.44. The van der Waals surface area contributed by atoms with Crippen LogP contribution < -0.4 is 5.73 Å². The van der Waals surface area contributed by atoms with Gasteiger partial charge in [0.15, 0.2) is 0 Å². The smallest absolute Gasteiger partial charge is 0.240 e. The van der Waals surface area contributed by atoms with Crippen LogP contribution in [0.1, 0.15) is 17.7 Å². The number of thiophene rings is 1. The van der Waals surface area contributed by atoms with Gasteiger partial charge in [0.2, 0.25) is 11.8 Å². The number of rotatable bonds is 5. The number of carbonyl (C=O) groups excluding carboxylic acids is 2. The quantitative estimate of drug-likeness (QED) is 0.890. The van der Waals surface area contributed by atoms with Crippen LogP contribution in [0.25, 0.3) is 0 Å². The Kier molecular flexibility index (Phi) is 4.66. The highest BCUT2D eigenvalue weighted by molar-refractivity contribution is 7.99. The molecule has 1 atom stereocenters. The van der Waals surface area contributed by atoms with Gasteiger partial charge in [0.1, 0.15) is 6.04 Å². The van der Waals surface area contributed by atoms with E-state index in [9.17, 15) is 9.59 Å². The molecule has 2 amide bonds. The van der Waals surface area contributed by atoms with Crippen LogP contribution in [0.4, 0.5) is 0 Å². The second-order valence-corrected chi connectivity index (χ2v) is 6.24. The fraction of sp³-hybridized carbons (Fsp3) is 0.500. The van der Waals surface area contributed by atoms with Crippen LogP contribution >= 0.6 is 23.1 Å². The molecule has 2 rings (SSSR count). The first-order chi connectivity index (χ1) is 8.68. The second kappa shape index (κ2) is 6.24. The maximum atomic E-state index is 12.0. The Hall–Kier alpha value is -1.01. The minimum absolute atomic E-state index is 0.0258. The molecule has 0 unspecified atom stereocenters. The molecule has 1 saturated heterocycles. The van der Waals surface area contributed by atoms with Crippen molar-refractivity contribution in [2.45, 2.75) is 24.6 Å². The molecule has 1 aliphatic heterocycles. The Balaban J connectivity index is 1.79. The van der Waals surface area contributed by atoms with Crippen LogP contribution in [0.15, 0.2) is 17.5 Å². The van der Waals surface area contributed by atoms with Crippen molar-refractivity contribution < 1.29 is 9.59 Å². The van der Waals surface area contributed by atoms with Crippen LogP contribution in [0.2, 0.25) is 0 Å². The van der Waals surface area contributed by atoms with Crippen LogP contribution in [0.3, 0.4) is 0 Å². The van der Waals surface area contributed by atoms with Crippen molar-refractivity contribution >= 4 is 34.9 Å². The molecule has 0 aromatic carbocycles. The maximum absolute atomic E-state index is 12.0. The fourth-order valence-corrected chi connectivity index (χ4v) is 3.83. The number of amides is 2. The van der Waals surface area contributed by atoms with Gasteiger partial charge in [-0.1, -0.05) is 6.07 Å². The lowest BCUT2D eigenvalue weighted by atomic mass is 10.2. The minimum atomic E-state index is -0.389. The summed E-state index contributed by atoms with van der Waals surface area (Å²) in [5.41, 5.74) is 5.29. The lowest BCUT2D eigenvalue weighted by molar-refractivity contribution is -0.135. The predicted molar refractivity (Wildman–Crippen MR) is 74.4 cm³/mol. The predicted octanol–water partition coefficient (Wildman–Crippen LogP) is 1.46. The van der Waals surface area contributed by atoms with Crippen LogP contribution in [-0.4, -0.2) is 35.1 Å². The molecular formula is C12H16N2O2S2. The third kappa shape index (κ3) is 3.26. The largest absolute Gasteiger partial charge is 0.368 e. The number of nitrogens with zero attached hydrogens (tertiary/aromatic N) is 1. The first-order valence-electron chi connectivity index (χ1n) is 5.87. The lowest BCUT2D eigenvalue weighted by Gasteiger charge is -2.21. The van der Waals surface area contributed by atoms with E-state index in [0.29, 0.717) is 18.7 Å². The Morgan fingerprint density at radius 1 is 1.56 bits per heavy atom. The summed E-state index contributed by atoms with van der Waals surface area (Å²) in [5, 5.41) is 2.03. The SMILES string of the molecule is NC(=O)[C@H]1CCCN1C(=O)CSCc1cccs1. The van der Waals surface area contributed by atoms with Crippen molar-refractivity contribution in [3.05, 3.63) is 22.4 Å². The van der Waals surface area contributed by atoms with Crippen molar-refractivity contribution in [1.29, 1.82) is 0 Å². The van der Waals surface area contributed by atoms with E-state index in [1.807, 2.05) is 11.4 Å². The number of hydrogen-bond donors (Lipinski definition) is 1. The van der Waals surface area contributed by atoms with Crippen molar-refractivity contribution in [2.75, 3.05) is 12.3 Å². The molecule has 2 N–H and O–H groups in total. The summed E-state index contributed by atoms with van der Waals surface area (Å²) in [6.45, 7) is 0.659. The molecule has 1 aliphatic rings. The third-order valence-electron chi connectivity index (χ3n) is 2.95. The van der Waals surface area contributed by atoms with E-state index in [2.05, 4.69) is 6.07 Å². The van der Waals surface area contributed by atoms with E-state index in [4.69, 9.17) is 5.73 Å². The van der Waals surface area contributed by atoms with Crippen molar-refractivity contribution in [3.8, 4) is 0 Å². The van der Waals surface area contributed by atoms with E-state index in [1.165, 1.54) is 4.88 Å². The molecule has 0 bridgehead atoms. The zero-order valence-electron chi connectivity index (χ0n) is 10.0. The zero-order chi connectivity index (χ0) is 13.0. The molecule has 0 saturated carbocycles. The molecule has 1 aromatic heterocycles. The molecule has 2 heterocycles. The summed E-state index contributed by atoms with van der Waals surface area (Å²) < 4.78 is 0. The van der Waals surface area contributed by atoms with E-state index >= 15 is 0 Å². The average molecular weight is 284 g/mol. The molecule has 6 heteroatoms. The van der Waals surface area contributed by atoms with Gasteiger partial charge in [0.25, 0.3) is 0 Å². The van der Waals surface area contributed by atoms with Gasteiger partial charge in [0.05, 0.1) is 5.75 Å². The normalized spacial score (nSPS) is 19.1. The Morgan fingerprint density at radius 2 is 2.39 bits per heavy atom. The number of hydrogen-bond acceptors (Lipinski definition) is 4. The maximum Gasteiger partial charge on any atom is 0.240 e. The third-order valence-corrected chi connectivity index (χ3v) is 4.98. The van der Waals surface area contributed by atoms with Crippen molar-refractivity contribution in [1.82, 2.24) is 4.90 Å². The second-order valence-electron chi connectivity index (χ2n) is 4.22. The van der Waals surface area contributed by atoms with Crippen LogP contribution in [-0.2, 0) is 15.3 Å². The topological polar surface area (TPSA) is 63.4 Å². The van der Waals surface area contributed by atoms with Crippen LogP contribution in [0, 0.1) is 0 Å². The van der Waals surface area contributed by atoms with Crippen LogP contribution in [0.5, 0.6) is 0 Å². The molecule has 1 fully saturated rings. The Labute approximate surface area is 115 Å². The number of nitrogens with two attached hydrogens (primary N) is 1. The van der Waals surface area contributed by atoms with Crippen molar-refractivity contribution in [2.24, 2.45) is 5.73 Å². The molecule has 18 heavy (non-hydrogen) atoms. The van der Waals surface area contributed by atoms with Gasteiger partial charge in [-0.25, -0.2) is 0 Å². The molecule has 0 spiro atoms. The van der Waals surface area contributed by atoms with E-state index in [1.54, 1.807) is 28.0 Å². The Morgan fingerprint density at radius 3 is 3.06 bits per heavy atom. The molecule has 4 nitrogen and oxygen atoms in total. The fourth-order valence-electron chi connectivity index (χ4n) is 2.08. The molecule has 0 aliphatic carbocycles. The van der Waals surface area contributed by atoms with Gasteiger partial charge in [-0.3, -0.25) is 9.59 Å². The highest BCUT2D eigenvalue weighted by atomic mass is 32.2. The average Bonchev–Trinajstić information content (AvgIpc) is 2.99. The molecule has 98 valence electrons. The summed E-state index contributed by atoms with van der Waals surface area (Å²) in [6.07, 6.45) is 1.58. The van der Waals surface area contributed by atoms with Gasteiger partial charge >= 0.3 is 0 Å². The first-order valence-corrected chi connectivity index (χ1v) is 7.91. The summed E-state index contributed by atoms with van der Waals surface area (Å²) in [6, 6.07) is 3.68. The summed E-state index contributed by atoms with van der Waals surface area (Å²) >= 11 is 3.28. The summed E-state index contributed by atoms with van der Waals surface area (Å²) in [7, 11) is 0. The minimum Gasteiger partial charge on any atom is -0.368 e. The Bertz CT molecular complexity index is 420. The zero-order valence-corrected chi connectivity index (χ0v) is 11.6. The van der Waals surface area contributed by atoms with Gasteiger partial charge in [0, 0.05) is 17.2 Å². The summed E-state index contributed by atoms with van der Waals surface area (Å²) in [5.74, 6) is 0.905. The summed E-state index contributed by atoms with van der Waals surface area (Å²) in [4.78, 5) is 26.1. The van der Waals surface area contributed by atoms with Crippen molar-refractivity contribution in [3.63, 3.8) is 0 Å². The van der Waals surface area contributed by atoms with Gasteiger partial charge < -0.3 is 10.6 Å². The standard InChI is InChI=1S/C12H16N2O2S2/c13-12(16)10-4-1-5-14(10)11(15)8-17-7-9-3-2-6-18-9/h2-3,6,10H,1,4-5,7-8H2,(H2,13,16)/t10-/m1/s1. The highest BCUT2D eigenvalue weighted by Crippen LogP contribution is 2.21. The molecule has 0 radical (unpaired) electrons. The van der Waals surface area contributed by atoms with Gasteiger partial charge in [-0.15, -0.1) is 23.1 Å². The highest BCUT2D eigenvalue weighted by Gasteiger charge is 2.32. The van der Waals surface area contributed by atoms with E-state index < -0.39 is 0 Å². The molecular weight excluding hydrogens is 268 g/mol. The monoisotopic (exact) mass is 284 g/mol. The van der Waals surface area contributed by atoms with E-state index in [0.717, 1.165) is 12.2 Å².